The molecule has 1 atom stereocenters. The van der Waals surface area contributed by atoms with Gasteiger partial charge in [0, 0.05) is 18.5 Å². The number of likely N-dealkylation sites (tertiary alicyclic amines) is 1. The molecule has 0 aliphatic carbocycles. The highest BCUT2D eigenvalue weighted by molar-refractivity contribution is 7.08. The molecule has 0 N–H and O–H groups in total. The van der Waals surface area contributed by atoms with Crippen molar-refractivity contribution in [1.29, 1.82) is 0 Å². The van der Waals surface area contributed by atoms with Gasteiger partial charge in [0.15, 0.2) is 11.5 Å². The lowest BCUT2D eigenvalue weighted by atomic mass is 10.1. The van der Waals surface area contributed by atoms with Crippen molar-refractivity contribution in [3.8, 4) is 11.5 Å². The van der Waals surface area contributed by atoms with E-state index in [4.69, 9.17) is 9.47 Å². The molecule has 2 aliphatic rings. The van der Waals surface area contributed by atoms with Gasteiger partial charge in [-0.3, -0.25) is 4.79 Å². The number of hydrogen-bond donors (Lipinski definition) is 0. The number of benzene rings is 1. The summed E-state index contributed by atoms with van der Waals surface area (Å²) in [6.45, 7) is 2.10. The number of nitrogens with zero attached hydrogens (tertiary/aromatic N) is 1. The Bertz CT molecular complexity index is 698. The third-order valence-corrected chi connectivity index (χ3v) is 5.14. The Morgan fingerprint density at radius 3 is 2.83 bits per heavy atom. The number of carbonyl (C=O) groups is 1. The molecule has 2 aliphatic heterocycles. The molecule has 1 aromatic carbocycles. The van der Waals surface area contributed by atoms with Crippen molar-refractivity contribution >= 4 is 17.2 Å². The van der Waals surface area contributed by atoms with E-state index in [2.05, 4.69) is 16.8 Å². The summed E-state index contributed by atoms with van der Waals surface area (Å²) in [5.74, 6) is 1.49. The Hall–Kier alpha value is -2.01. The van der Waals surface area contributed by atoms with Gasteiger partial charge in [0.05, 0.1) is 19.3 Å². The smallest absolute Gasteiger partial charge is 0.254 e. The Morgan fingerprint density at radius 1 is 1.13 bits per heavy atom. The number of carbonyl (C=O) groups excluding carboxylic acids is 1. The predicted octanol–water partition coefficient (Wildman–Crippen LogP) is 3.89. The second-order valence-corrected chi connectivity index (χ2v) is 6.71. The normalized spacial score (nSPS) is 20.3. The minimum atomic E-state index is 0.0781. The van der Waals surface area contributed by atoms with E-state index in [9.17, 15) is 4.79 Å². The molecular weight excluding hydrogens is 310 g/mol. The Balaban J connectivity index is 1.60. The quantitative estimate of drug-likeness (QED) is 0.839. The van der Waals surface area contributed by atoms with Crippen LogP contribution in [-0.2, 0) is 0 Å². The first-order valence-electron chi connectivity index (χ1n) is 8.05. The van der Waals surface area contributed by atoms with Crippen molar-refractivity contribution in [2.24, 2.45) is 0 Å². The molecule has 1 fully saturated rings. The summed E-state index contributed by atoms with van der Waals surface area (Å²) in [7, 11) is 0. The van der Waals surface area contributed by atoms with Gasteiger partial charge in [-0.1, -0.05) is 0 Å². The molecule has 1 saturated heterocycles. The molecule has 23 heavy (non-hydrogen) atoms. The van der Waals surface area contributed by atoms with Crippen molar-refractivity contribution in [3.63, 3.8) is 0 Å². The predicted molar refractivity (Wildman–Crippen MR) is 89.4 cm³/mol. The van der Waals surface area contributed by atoms with E-state index in [1.807, 2.05) is 23.1 Å². The zero-order chi connectivity index (χ0) is 15.6. The largest absolute Gasteiger partial charge is 0.490 e. The summed E-state index contributed by atoms with van der Waals surface area (Å²) >= 11 is 1.68. The molecule has 0 saturated carbocycles. The minimum absolute atomic E-state index is 0.0781. The van der Waals surface area contributed by atoms with Crippen molar-refractivity contribution in [2.75, 3.05) is 19.8 Å². The number of fused-ring (bicyclic) bond motifs is 1. The summed E-state index contributed by atoms with van der Waals surface area (Å²) in [5, 5.41) is 4.22. The Morgan fingerprint density at radius 2 is 2.00 bits per heavy atom. The van der Waals surface area contributed by atoms with Crippen LogP contribution < -0.4 is 9.47 Å². The highest BCUT2D eigenvalue weighted by Gasteiger charge is 2.31. The van der Waals surface area contributed by atoms with Gasteiger partial charge < -0.3 is 14.4 Å². The lowest BCUT2D eigenvalue weighted by Gasteiger charge is -2.24. The summed E-state index contributed by atoms with van der Waals surface area (Å²) in [4.78, 5) is 14.9. The molecule has 4 rings (SSSR count). The molecular formula is C18H19NO3S. The fraction of sp³-hybridized carbons (Fsp3) is 0.389. The summed E-state index contributed by atoms with van der Waals surface area (Å²) < 4.78 is 11.3. The zero-order valence-corrected chi connectivity index (χ0v) is 13.7. The van der Waals surface area contributed by atoms with E-state index in [-0.39, 0.29) is 11.9 Å². The third-order valence-electron chi connectivity index (χ3n) is 4.44. The van der Waals surface area contributed by atoms with Crippen molar-refractivity contribution in [2.45, 2.75) is 25.3 Å². The van der Waals surface area contributed by atoms with Gasteiger partial charge in [-0.25, -0.2) is 0 Å². The lowest BCUT2D eigenvalue weighted by molar-refractivity contribution is 0.0735. The van der Waals surface area contributed by atoms with Crippen molar-refractivity contribution in [1.82, 2.24) is 4.90 Å². The van der Waals surface area contributed by atoms with Crippen LogP contribution >= 0.6 is 11.3 Å². The van der Waals surface area contributed by atoms with Crippen LogP contribution in [0.25, 0.3) is 0 Å². The van der Waals surface area contributed by atoms with Crippen molar-refractivity contribution < 1.29 is 14.3 Å². The van der Waals surface area contributed by atoms with E-state index in [0.29, 0.717) is 24.5 Å². The van der Waals surface area contributed by atoms with Crippen LogP contribution in [0.1, 0.15) is 41.2 Å². The molecule has 0 bridgehead atoms. The first kappa shape index (κ1) is 14.6. The number of thiophene rings is 1. The van der Waals surface area contributed by atoms with E-state index in [1.165, 1.54) is 5.56 Å². The Labute approximate surface area is 139 Å². The van der Waals surface area contributed by atoms with Gasteiger partial charge >= 0.3 is 0 Å². The molecule has 120 valence electrons. The molecule has 1 aromatic heterocycles. The van der Waals surface area contributed by atoms with E-state index in [1.54, 1.807) is 11.3 Å². The van der Waals surface area contributed by atoms with Gasteiger partial charge in [0.1, 0.15) is 0 Å². The maximum atomic E-state index is 13.0. The molecule has 1 amide bonds. The number of rotatable bonds is 2. The number of hydrogen-bond acceptors (Lipinski definition) is 4. The van der Waals surface area contributed by atoms with Crippen LogP contribution in [0, 0.1) is 0 Å². The van der Waals surface area contributed by atoms with E-state index >= 15 is 0 Å². The molecule has 2 aromatic rings. The first-order valence-corrected chi connectivity index (χ1v) is 9.00. The SMILES string of the molecule is O=C(c1ccc2c(c1)OCCCO2)N1CCC[C@H]1c1ccsc1. The van der Waals surface area contributed by atoms with Gasteiger partial charge in [0.2, 0.25) is 0 Å². The first-order chi connectivity index (χ1) is 11.3. The van der Waals surface area contributed by atoms with Gasteiger partial charge in [0.25, 0.3) is 5.91 Å². The van der Waals surface area contributed by atoms with Crippen molar-refractivity contribution in [3.05, 3.63) is 46.2 Å². The van der Waals surface area contributed by atoms with E-state index < -0.39 is 0 Å². The number of ether oxygens (including phenoxy) is 2. The average Bonchev–Trinajstić information content (AvgIpc) is 3.20. The number of amides is 1. The summed E-state index contributed by atoms with van der Waals surface area (Å²) in [5.41, 5.74) is 1.92. The maximum absolute atomic E-state index is 13.0. The average molecular weight is 329 g/mol. The molecule has 5 heteroatoms. The fourth-order valence-corrected chi connectivity index (χ4v) is 3.99. The van der Waals surface area contributed by atoms with Crippen LogP contribution in [0.15, 0.2) is 35.0 Å². The lowest BCUT2D eigenvalue weighted by Crippen LogP contribution is -2.30. The molecule has 0 radical (unpaired) electrons. The molecule has 4 nitrogen and oxygen atoms in total. The zero-order valence-electron chi connectivity index (χ0n) is 12.9. The highest BCUT2D eigenvalue weighted by atomic mass is 32.1. The second kappa shape index (κ2) is 6.24. The summed E-state index contributed by atoms with van der Waals surface area (Å²) in [6, 6.07) is 7.84. The van der Waals surface area contributed by atoms with Crippen LogP contribution in [0.4, 0.5) is 0 Å². The minimum Gasteiger partial charge on any atom is -0.490 e. The van der Waals surface area contributed by atoms with Crippen LogP contribution in [0.5, 0.6) is 11.5 Å². The Kier molecular flexibility index (Phi) is 3.95. The fourth-order valence-electron chi connectivity index (χ4n) is 3.28. The third kappa shape index (κ3) is 2.81. The standard InChI is InChI=1S/C18H19NO3S/c20-18(19-7-1-3-15(19)14-6-10-23-12-14)13-4-5-16-17(11-13)22-9-2-8-21-16/h4-6,10-12,15H,1-3,7-9H2/t15-/m0/s1. The van der Waals surface area contributed by atoms with Crippen LogP contribution in [0.3, 0.4) is 0 Å². The van der Waals surface area contributed by atoms with Gasteiger partial charge in [-0.05, 0) is 53.4 Å². The molecule has 0 unspecified atom stereocenters. The second-order valence-electron chi connectivity index (χ2n) is 5.93. The van der Waals surface area contributed by atoms with Crippen LogP contribution in [0.2, 0.25) is 0 Å². The molecule has 0 spiro atoms. The topological polar surface area (TPSA) is 38.8 Å². The maximum Gasteiger partial charge on any atom is 0.254 e. The van der Waals surface area contributed by atoms with Gasteiger partial charge in [-0.2, -0.15) is 11.3 Å². The highest BCUT2D eigenvalue weighted by Crippen LogP contribution is 2.36. The molecule has 3 heterocycles. The van der Waals surface area contributed by atoms with Gasteiger partial charge in [-0.15, -0.1) is 0 Å². The monoisotopic (exact) mass is 329 g/mol. The van der Waals surface area contributed by atoms with E-state index in [0.717, 1.165) is 31.6 Å². The summed E-state index contributed by atoms with van der Waals surface area (Å²) in [6.07, 6.45) is 2.95. The van der Waals surface area contributed by atoms with Crippen LogP contribution in [-0.4, -0.2) is 30.6 Å².